The van der Waals surface area contributed by atoms with Gasteiger partial charge in [-0.05, 0) is 29.8 Å². The van der Waals surface area contributed by atoms with Crippen molar-refractivity contribution < 1.29 is 23.5 Å². The highest BCUT2D eigenvalue weighted by molar-refractivity contribution is 5.95. The Kier molecular flexibility index (Phi) is 5.47. The summed E-state index contributed by atoms with van der Waals surface area (Å²) in [5.74, 6) is -0.482. The van der Waals surface area contributed by atoms with Gasteiger partial charge < -0.3 is 14.4 Å². The van der Waals surface area contributed by atoms with E-state index in [9.17, 15) is 14.0 Å². The lowest BCUT2D eigenvalue weighted by atomic mass is 9.93. The first-order valence-electron chi connectivity index (χ1n) is 11.7. The predicted octanol–water partition coefficient (Wildman–Crippen LogP) is 1.30. The number of ether oxygens (including phenoxy) is 2. The Balaban J connectivity index is 1.20. The molecule has 10 nitrogen and oxygen atoms in total. The van der Waals surface area contributed by atoms with Crippen molar-refractivity contribution in [3.63, 3.8) is 0 Å². The number of cyclic esters (lactones) is 1. The van der Waals surface area contributed by atoms with Crippen LogP contribution < -0.4 is 30.9 Å². The van der Waals surface area contributed by atoms with E-state index < -0.39 is 5.82 Å². The number of anilines is 2. The second-order valence-electron chi connectivity index (χ2n) is 9.21. The molecule has 4 unspecified atom stereocenters. The molecule has 4 aliphatic rings. The van der Waals surface area contributed by atoms with Crippen molar-refractivity contribution in [3.8, 4) is 5.75 Å². The first-order valence-corrected chi connectivity index (χ1v) is 11.7. The highest BCUT2D eigenvalue weighted by Crippen LogP contribution is 2.35. The Morgan fingerprint density at radius 2 is 1.91 bits per heavy atom. The molecule has 4 heterocycles. The molecule has 2 aromatic carbocycles. The van der Waals surface area contributed by atoms with Gasteiger partial charge in [-0.1, -0.05) is 18.2 Å². The first-order chi connectivity index (χ1) is 17.0. The highest BCUT2D eigenvalue weighted by atomic mass is 19.1. The SMILES string of the molecule is COc1cccc(F)c1N1NC2C(CC1=O)NNC2c1ccc(N2CCN3C(=O)OCC3C2)cc1. The number of fused-ring (bicyclic) bond motifs is 2. The molecule has 35 heavy (non-hydrogen) atoms. The predicted molar refractivity (Wildman–Crippen MR) is 125 cm³/mol. The molecule has 4 aliphatic heterocycles. The van der Waals surface area contributed by atoms with Crippen molar-refractivity contribution in [2.24, 2.45) is 0 Å². The number of para-hydroxylation sites is 1. The molecule has 0 saturated carbocycles. The van der Waals surface area contributed by atoms with Gasteiger partial charge in [0, 0.05) is 37.8 Å². The molecule has 3 N–H and O–H groups in total. The summed E-state index contributed by atoms with van der Waals surface area (Å²) in [5, 5.41) is 1.27. The molecule has 4 atom stereocenters. The molecule has 6 rings (SSSR count). The van der Waals surface area contributed by atoms with E-state index in [4.69, 9.17) is 9.47 Å². The maximum Gasteiger partial charge on any atom is 0.410 e. The smallest absolute Gasteiger partial charge is 0.410 e. The van der Waals surface area contributed by atoms with Crippen LogP contribution in [0.5, 0.6) is 5.75 Å². The van der Waals surface area contributed by atoms with Crippen LogP contribution in [-0.2, 0) is 9.53 Å². The molecule has 11 heteroatoms. The second kappa shape index (κ2) is 8.67. The minimum absolute atomic E-state index is 0.0858. The van der Waals surface area contributed by atoms with Gasteiger partial charge in [0.25, 0.3) is 0 Å². The van der Waals surface area contributed by atoms with Crippen LogP contribution in [0.25, 0.3) is 0 Å². The fourth-order valence-corrected chi connectivity index (χ4v) is 5.42. The summed E-state index contributed by atoms with van der Waals surface area (Å²) >= 11 is 0. The van der Waals surface area contributed by atoms with Gasteiger partial charge in [-0.25, -0.2) is 25.0 Å². The zero-order valence-corrected chi connectivity index (χ0v) is 19.2. The van der Waals surface area contributed by atoms with Crippen molar-refractivity contribution in [2.45, 2.75) is 30.6 Å². The van der Waals surface area contributed by atoms with Crippen molar-refractivity contribution in [1.82, 2.24) is 21.2 Å². The van der Waals surface area contributed by atoms with E-state index in [0.29, 0.717) is 18.9 Å². The molecule has 0 aromatic heterocycles. The van der Waals surface area contributed by atoms with Gasteiger partial charge in [-0.15, -0.1) is 0 Å². The lowest BCUT2D eigenvalue weighted by Crippen LogP contribution is -2.60. The number of amides is 2. The van der Waals surface area contributed by atoms with Crippen molar-refractivity contribution in [1.29, 1.82) is 0 Å². The monoisotopic (exact) mass is 482 g/mol. The summed E-state index contributed by atoms with van der Waals surface area (Å²) in [4.78, 5) is 28.7. The Morgan fingerprint density at radius 1 is 1.09 bits per heavy atom. The van der Waals surface area contributed by atoms with E-state index in [0.717, 1.165) is 24.3 Å². The lowest BCUT2D eigenvalue weighted by Gasteiger charge is -2.38. The van der Waals surface area contributed by atoms with E-state index in [1.807, 2.05) is 0 Å². The fourth-order valence-electron chi connectivity index (χ4n) is 5.42. The van der Waals surface area contributed by atoms with Crippen molar-refractivity contribution >= 4 is 23.4 Å². The molecule has 4 saturated heterocycles. The summed E-state index contributed by atoms with van der Waals surface area (Å²) in [6.45, 7) is 2.57. The number of hydrazine groups is 2. The Hall–Kier alpha value is -3.41. The van der Waals surface area contributed by atoms with Gasteiger partial charge in [0.05, 0.1) is 25.2 Å². The van der Waals surface area contributed by atoms with Gasteiger partial charge >= 0.3 is 6.09 Å². The number of hydrogen-bond donors (Lipinski definition) is 3. The van der Waals surface area contributed by atoms with E-state index >= 15 is 0 Å². The third-order valence-corrected chi connectivity index (χ3v) is 7.27. The molecule has 184 valence electrons. The van der Waals surface area contributed by atoms with Crippen LogP contribution in [0.3, 0.4) is 0 Å². The molecule has 0 spiro atoms. The number of carbonyl (C=O) groups excluding carboxylic acids is 2. The summed E-state index contributed by atoms with van der Waals surface area (Å²) in [5.41, 5.74) is 11.9. The summed E-state index contributed by atoms with van der Waals surface area (Å²) in [6.07, 6.45) is -0.0108. The van der Waals surface area contributed by atoms with Crippen LogP contribution in [0.4, 0.5) is 20.6 Å². The number of piperazine rings is 1. The van der Waals surface area contributed by atoms with E-state index in [-0.39, 0.29) is 48.3 Å². The number of carbonyl (C=O) groups is 2. The molecular weight excluding hydrogens is 455 g/mol. The minimum atomic E-state index is -0.530. The van der Waals surface area contributed by atoms with Crippen molar-refractivity contribution in [2.75, 3.05) is 43.3 Å². The number of nitrogens with zero attached hydrogens (tertiary/aromatic N) is 3. The number of nitrogens with one attached hydrogen (secondary N) is 3. The third-order valence-electron chi connectivity index (χ3n) is 7.27. The number of hydrogen-bond acceptors (Lipinski definition) is 8. The van der Waals surface area contributed by atoms with Crippen LogP contribution in [0.15, 0.2) is 42.5 Å². The zero-order chi connectivity index (χ0) is 24.1. The summed E-state index contributed by atoms with van der Waals surface area (Å²) in [6, 6.07) is 12.4. The fraction of sp³-hybridized carbons (Fsp3) is 0.417. The molecule has 2 amide bonds. The maximum absolute atomic E-state index is 14.7. The highest BCUT2D eigenvalue weighted by Gasteiger charge is 2.45. The minimum Gasteiger partial charge on any atom is -0.494 e. The van der Waals surface area contributed by atoms with Crippen LogP contribution in [0, 0.1) is 5.82 Å². The van der Waals surface area contributed by atoms with Crippen LogP contribution in [0.2, 0.25) is 0 Å². The number of halogens is 1. The maximum atomic E-state index is 14.7. The normalized spacial score (nSPS) is 28.1. The van der Waals surface area contributed by atoms with Gasteiger partial charge in [-0.3, -0.25) is 15.1 Å². The Morgan fingerprint density at radius 3 is 2.71 bits per heavy atom. The van der Waals surface area contributed by atoms with E-state index in [2.05, 4.69) is 45.4 Å². The molecule has 0 aliphatic carbocycles. The number of rotatable bonds is 4. The molecule has 2 aromatic rings. The molecule has 0 bridgehead atoms. The van der Waals surface area contributed by atoms with Crippen LogP contribution >= 0.6 is 0 Å². The van der Waals surface area contributed by atoms with Crippen molar-refractivity contribution in [3.05, 3.63) is 53.8 Å². The molecular formula is C24H27FN6O4. The third kappa shape index (κ3) is 3.76. The Bertz CT molecular complexity index is 1150. The largest absolute Gasteiger partial charge is 0.494 e. The summed E-state index contributed by atoms with van der Waals surface area (Å²) < 4.78 is 25.2. The van der Waals surface area contributed by atoms with E-state index in [1.54, 1.807) is 17.0 Å². The van der Waals surface area contributed by atoms with Gasteiger partial charge in [-0.2, -0.15) is 0 Å². The number of benzene rings is 2. The number of methoxy groups -OCH3 is 1. The van der Waals surface area contributed by atoms with Crippen LogP contribution in [-0.4, -0.2) is 68.4 Å². The topological polar surface area (TPSA) is 98.4 Å². The first kappa shape index (κ1) is 22.1. The summed E-state index contributed by atoms with van der Waals surface area (Å²) in [7, 11) is 1.45. The zero-order valence-electron chi connectivity index (χ0n) is 19.2. The molecule has 0 radical (unpaired) electrons. The van der Waals surface area contributed by atoms with E-state index in [1.165, 1.54) is 18.2 Å². The molecule has 4 fully saturated rings. The Labute approximate surface area is 201 Å². The average Bonchev–Trinajstić information content (AvgIpc) is 3.46. The van der Waals surface area contributed by atoms with Crippen LogP contribution in [0.1, 0.15) is 18.0 Å². The van der Waals surface area contributed by atoms with Gasteiger partial charge in [0.1, 0.15) is 18.0 Å². The standard InChI is InChI=1S/C24H27FN6O4/c1-34-19-4-2-3-17(25)23(19)31-20(32)11-18-22(28-31)21(27-26-18)14-5-7-15(8-6-14)29-9-10-30-16(12-29)13-35-24(30)33/h2-8,16,18,21-22,26-28H,9-13H2,1H3. The van der Waals surface area contributed by atoms with Gasteiger partial charge in [0.15, 0.2) is 5.82 Å². The second-order valence-corrected chi connectivity index (χ2v) is 9.21. The lowest BCUT2D eigenvalue weighted by molar-refractivity contribution is -0.121. The van der Waals surface area contributed by atoms with Gasteiger partial charge in [0.2, 0.25) is 5.91 Å². The quantitative estimate of drug-likeness (QED) is 0.600. The average molecular weight is 483 g/mol.